The number of nitrogens with one attached hydrogen (secondary N) is 2. The molecule has 0 saturated carbocycles. The molecular weight excluding hydrogens is 580 g/mol. The molecule has 2 amide bonds. The molecule has 5 rings (SSSR count). The number of para-hydroxylation sites is 1. The molecule has 2 N–H and O–H groups in total. The SMILES string of the molecule is CCOc1ccccc1/C=C(\NC(=O)c1ccccc1)C(=O)Nc1cccc(SCC(=O)c2ccc(-c3ccccc3)cc2)c1. The number of hydrogen-bond donors (Lipinski definition) is 2. The van der Waals surface area contributed by atoms with Crippen molar-refractivity contribution in [2.24, 2.45) is 0 Å². The third-order valence-electron chi connectivity index (χ3n) is 6.82. The van der Waals surface area contributed by atoms with Crippen molar-refractivity contribution >= 4 is 41.1 Å². The number of Topliss-reactive ketones (excluding diaryl/α,β-unsaturated/α-hetero) is 1. The minimum absolute atomic E-state index is 0.0101. The van der Waals surface area contributed by atoms with E-state index in [9.17, 15) is 14.4 Å². The highest BCUT2D eigenvalue weighted by atomic mass is 32.2. The fourth-order valence-electron chi connectivity index (χ4n) is 4.56. The molecule has 0 aromatic heterocycles. The number of anilines is 1. The number of thioether (sulfide) groups is 1. The third-order valence-corrected chi connectivity index (χ3v) is 7.82. The number of ketones is 1. The smallest absolute Gasteiger partial charge is 0.272 e. The van der Waals surface area contributed by atoms with Gasteiger partial charge < -0.3 is 15.4 Å². The van der Waals surface area contributed by atoms with Crippen LogP contribution in [0, 0.1) is 0 Å². The molecule has 0 aliphatic carbocycles. The van der Waals surface area contributed by atoms with Crippen LogP contribution in [-0.4, -0.2) is 30.0 Å². The first-order valence-electron chi connectivity index (χ1n) is 14.5. The summed E-state index contributed by atoms with van der Waals surface area (Å²) in [4.78, 5) is 40.3. The van der Waals surface area contributed by atoms with E-state index in [-0.39, 0.29) is 17.2 Å². The van der Waals surface area contributed by atoms with Gasteiger partial charge in [-0.25, -0.2) is 0 Å². The molecule has 0 radical (unpaired) electrons. The van der Waals surface area contributed by atoms with Crippen LogP contribution in [0.3, 0.4) is 0 Å². The fraction of sp³-hybridized carbons (Fsp3) is 0.0789. The number of benzene rings is 5. The number of amides is 2. The molecule has 5 aromatic rings. The second-order valence-electron chi connectivity index (χ2n) is 9.99. The van der Waals surface area contributed by atoms with E-state index in [0.717, 1.165) is 16.0 Å². The van der Waals surface area contributed by atoms with Gasteiger partial charge in [-0.05, 0) is 60.5 Å². The van der Waals surface area contributed by atoms with E-state index in [4.69, 9.17) is 4.74 Å². The van der Waals surface area contributed by atoms with Crippen molar-refractivity contribution in [1.29, 1.82) is 0 Å². The Kier molecular flexibility index (Phi) is 10.6. The maximum atomic E-state index is 13.5. The van der Waals surface area contributed by atoms with Gasteiger partial charge in [0.15, 0.2) is 5.78 Å². The molecule has 0 atom stereocenters. The Labute approximate surface area is 267 Å². The van der Waals surface area contributed by atoms with E-state index in [1.54, 1.807) is 42.5 Å². The van der Waals surface area contributed by atoms with Crippen LogP contribution in [0.15, 0.2) is 144 Å². The first-order valence-corrected chi connectivity index (χ1v) is 15.5. The van der Waals surface area contributed by atoms with Crippen LogP contribution in [0.4, 0.5) is 5.69 Å². The Morgan fingerprint density at radius 1 is 0.711 bits per heavy atom. The quantitative estimate of drug-likeness (QED) is 0.0844. The molecule has 0 spiro atoms. The maximum absolute atomic E-state index is 13.5. The van der Waals surface area contributed by atoms with E-state index < -0.39 is 11.8 Å². The van der Waals surface area contributed by atoms with Crippen molar-refractivity contribution in [1.82, 2.24) is 5.32 Å². The average molecular weight is 613 g/mol. The lowest BCUT2D eigenvalue weighted by molar-refractivity contribution is -0.113. The van der Waals surface area contributed by atoms with Crippen molar-refractivity contribution < 1.29 is 19.1 Å². The monoisotopic (exact) mass is 612 g/mol. The standard InChI is InChI=1S/C38H32N2O4S/c1-2-44-36-19-10-9-16-31(36)24-34(40-37(42)30-14-7-4-8-15-30)38(43)39-32-17-11-18-33(25-32)45-26-35(41)29-22-20-28(21-23-29)27-12-5-3-6-13-27/h3-25H,2,26H2,1H3,(H,39,43)(H,40,42)/b34-24-. The van der Waals surface area contributed by atoms with Crippen LogP contribution < -0.4 is 15.4 Å². The topological polar surface area (TPSA) is 84.5 Å². The number of ether oxygens (including phenoxy) is 1. The van der Waals surface area contributed by atoms with Gasteiger partial charge in [0.1, 0.15) is 11.4 Å². The van der Waals surface area contributed by atoms with Crippen molar-refractivity contribution in [2.75, 3.05) is 17.7 Å². The summed E-state index contributed by atoms with van der Waals surface area (Å²) in [6, 6.07) is 40.9. The highest BCUT2D eigenvalue weighted by Gasteiger charge is 2.17. The lowest BCUT2D eigenvalue weighted by Crippen LogP contribution is -2.30. The van der Waals surface area contributed by atoms with E-state index in [2.05, 4.69) is 10.6 Å². The predicted molar refractivity (Wildman–Crippen MR) is 182 cm³/mol. The normalized spacial score (nSPS) is 11.0. The van der Waals surface area contributed by atoms with Crippen LogP contribution in [0.25, 0.3) is 17.2 Å². The molecule has 7 heteroatoms. The summed E-state index contributed by atoms with van der Waals surface area (Å²) >= 11 is 1.39. The predicted octanol–water partition coefficient (Wildman–Crippen LogP) is 8.14. The van der Waals surface area contributed by atoms with Crippen LogP contribution >= 0.6 is 11.8 Å². The van der Waals surface area contributed by atoms with Crippen molar-refractivity contribution in [3.8, 4) is 16.9 Å². The Hall–Kier alpha value is -5.40. The minimum atomic E-state index is -0.498. The number of rotatable bonds is 12. The Bertz CT molecular complexity index is 1800. The van der Waals surface area contributed by atoms with Crippen LogP contribution in [-0.2, 0) is 4.79 Å². The summed E-state index contributed by atoms with van der Waals surface area (Å²) in [6.07, 6.45) is 1.60. The van der Waals surface area contributed by atoms with Gasteiger partial charge >= 0.3 is 0 Å². The number of hydrogen-bond acceptors (Lipinski definition) is 5. The van der Waals surface area contributed by atoms with Gasteiger partial charge in [-0.1, -0.05) is 97.1 Å². The van der Waals surface area contributed by atoms with Gasteiger partial charge in [0.2, 0.25) is 0 Å². The van der Waals surface area contributed by atoms with Gasteiger partial charge in [0.05, 0.1) is 12.4 Å². The molecule has 0 saturated heterocycles. The van der Waals surface area contributed by atoms with Crippen LogP contribution in [0.1, 0.15) is 33.2 Å². The molecule has 0 fully saturated rings. The zero-order valence-electron chi connectivity index (χ0n) is 24.7. The summed E-state index contributed by atoms with van der Waals surface area (Å²) in [6.45, 7) is 2.33. The first-order chi connectivity index (χ1) is 22.0. The summed E-state index contributed by atoms with van der Waals surface area (Å²) in [7, 11) is 0. The zero-order valence-corrected chi connectivity index (χ0v) is 25.6. The van der Waals surface area contributed by atoms with Crippen molar-refractivity contribution in [3.63, 3.8) is 0 Å². The second kappa shape index (κ2) is 15.4. The Balaban J connectivity index is 1.28. The zero-order chi connectivity index (χ0) is 31.4. The fourth-order valence-corrected chi connectivity index (χ4v) is 5.41. The molecule has 45 heavy (non-hydrogen) atoms. The van der Waals surface area contributed by atoms with Gasteiger partial charge in [0.25, 0.3) is 11.8 Å². The van der Waals surface area contributed by atoms with E-state index in [0.29, 0.717) is 34.7 Å². The second-order valence-corrected chi connectivity index (χ2v) is 11.0. The van der Waals surface area contributed by atoms with Crippen LogP contribution in [0.5, 0.6) is 5.75 Å². The Morgan fingerprint density at radius 3 is 2.11 bits per heavy atom. The molecule has 224 valence electrons. The summed E-state index contributed by atoms with van der Waals surface area (Å²) in [5.74, 6) is -0.0603. The lowest BCUT2D eigenvalue weighted by atomic mass is 10.0. The average Bonchev–Trinajstić information content (AvgIpc) is 3.09. The van der Waals surface area contributed by atoms with E-state index >= 15 is 0 Å². The number of carbonyl (C=O) groups is 3. The van der Waals surface area contributed by atoms with Gasteiger partial charge in [-0.15, -0.1) is 11.8 Å². The highest BCUT2D eigenvalue weighted by molar-refractivity contribution is 8.00. The van der Waals surface area contributed by atoms with E-state index in [1.807, 2.05) is 104 Å². The van der Waals surface area contributed by atoms with Gasteiger partial charge in [-0.2, -0.15) is 0 Å². The molecule has 6 nitrogen and oxygen atoms in total. The number of carbonyl (C=O) groups excluding carboxylic acids is 3. The minimum Gasteiger partial charge on any atom is -0.493 e. The first kappa shape index (κ1) is 31.0. The largest absolute Gasteiger partial charge is 0.493 e. The summed E-state index contributed by atoms with van der Waals surface area (Å²) < 4.78 is 5.73. The van der Waals surface area contributed by atoms with Gasteiger partial charge in [-0.3, -0.25) is 14.4 Å². The Morgan fingerprint density at radius 2 is 1.38 bits per heavy atom. The maximum Gasteiger partial charge on any atom is 0.272 e. The van der Waals surface area contributed by atoms with E-state index in [1.165, 1.54) is 11.8 Å². The van der Waals surface area contributed by atoms with Crippen LogP contribution in [0.2, 0.25) is 0 Å². The highest BCUT2D eigenvalue weighted by Crippen LogP contribution is 2.25. The third kappa shape index (κ3) is 8.59. The molecular formula is C38H32N2O4S. The molecule has 0 aliphatic heterocycles. The van der Waals surface area contributed by atoms with Crippen molar-refractivity contribution in [2.45, 2.75) is 11.8 Å². The molecule has 0 bridgehead atoms. The summed E-state index contributed by atoms with van der Waals surface area (Å²) in [5.41, 5.74) is 4.46. The molecule has 0 aliphatic rings. The summed E-state index contributed by atoms with van der Waals surface area (Å²) in [5, 5.41) is 5.65. The molecule has 5 aromatic carbocycles. The molecule has 0 heterocycles. The van der Waals surface area contributed by atoms with Crippen molar-refractivity contribution in [3.05, 3.63) is 156 Å². The molecule has 0 unspecified atom stereocenters. The van der Waals surface area contributed by atoms with Gasteiger partial charge in [0, 0.05) is 27.3 Å². The lowest BCUT2D eigenvalue weighted by Gasteiger charge is -2.13.